The fourth-order valence-electron chi connectivity index (χ4n) is 8.28. The van der Waals surface area contributed by atoms with Crippen LogP contribution in [0.15, 0.2) is 116 Å². The lowest BCUT2D eigenvalue weighted by molar-refractivity contribution is -0.134. The molecule has 0 bridgehead atoms. The number of benzene rings is 4. The molecule has 2 saturated heterocycles. The molecule has 15 heteroatoms. The van der Waals surface area contributed by atoms with Gasteiger partial charge in [0, 0.05) is 77.9 Å². The van der Waals surface area contributed by atoms with Crippen LogP contribution in [0.2, 0.25) is 0 Å². The number of hydrogen-bond acceptors (Lipinski definition) is 8. The predicted molar refractivity (Wildman–Crippen MR) is 242 cm³/mol. The van der Waals surface area contributed by atoms with E-state index in [1.807, 2.05) is 89.1 Å². The van der Waals surface area contributed by atoms with E-state index in [4.69, 9.17) is 4.98 Å². The van der Waals surface area contributed by atoms with Crippen molar-refractivity contribution in [1.29, 1.82) is 0 Å². The highest BCUT2D eigenvalue weighted by Crippen LogP contribution is 2.35. The van der Waals surface area contributed by atoms with Gasteiger partial charge in [-0.25, -0.2) is 24.5 Å². The fraction of sp³-hybridized carbons (Fsp3) is 0.312. The molecule has 8 rings (SSSR count). The maximum Gasteiger partial charge on any atom is 0.317 e. The Morgan fingerprint density at radius 2 is 1.27 bits per heavy atom. The molecule has 2 aliphatic rings. The third-order valence-electron chi connectivity index (χ3n) is 11.8. The molecule has 4 aromatic carbocycles. The summed E-state index contributed by atoms with van der Waals surface area (Å²) in [6.07, 6.45) is 7.87. The summed E-state index contributed by atoms with van der Waals surface area (Å²) in [5.74, 6) is 1.16. The molecule has 4 heterocycles. The van der Waals surface area contributed by atoms with Crippen LogP contribution in [0.3, 0.4) is 0 Å². The zero-order valence-corrected chi connectivity index (χ0v) is 36.0. The number of carbonyl (C=O) groups is 4. The van der Waals surface area contributed by atoms with E-state index >= 15 is 0 Å². The minimum Gasteiger partial charge on any atom is -0.354 e. The van der Waals surface area contributed by atoms with E-state index in [0.29, 0.717) is 32.1 Å². The first-order chi connectivity index (χ1) is 30.5. The van der Waals surface area contributed by atoms with Gasteiger partial charge in [0.05, 0.1) is 17.9 Å². The number of amides is 6. The van der Waals surface area contributed by atoms with Crippen molar-refractivity contribution in [2.45, 2.75) is 37.4 Å². The summed E-state index contributed by atoms with van der Waals surface area (Å²) in [5.41, 5.74) is 5.19. The Bertz CT molecular complexity index is 2560. The Morgan fingerprint density at radius 3 is 1.89 bits per heavy atom. The van der Waals surface area contributed by atoms with Crippen LogP contribution in [0.1, 0.15) is 54.3 Å². The quantitative estimate of drug-likeness (QED) is 0.106. The first-order valence-electron chi connectivity index (χ1n) is 21.3. The van der Waals surface area contributed by atoms with E-state index in [9.17, 15) is 19.2 Å². The van der Waals surface area contributed by atoms with Crippen molar-refractivity contribution in [3.8, 4) is 22.4 Å². The van der Waals surface area contributed by atoms with Gasteiger partial charge in [0.2, 0.25) is 17.8 Å². The van der Waals surface area contributed by atoms with E-state index in [0.717, 1.165) is 69.4 Å². The lowest BCUT2D eigenvalue weighted by atomic mass is 10.0. The summed E-state index contributed by atoms with van der Waals surface area (Å²) in [7, 11) is 6.62. The number of imidazole rings is 1. The van der Waals surface area contributed by atoms with Crippen molar-refractivity contribution in [3.63, 3.8) is 0 Å². The van der Waals surface area contributed by atoms with E-state index in [-0.39, 0.29) is 35.8 Å². The zero-order valence-electron chi connectivity index (χ0n) is 36.0. The van der Waals surface area contributed by atoms with E-state index < -0.39 is 12.1 Å². The van der Waals surface area contributed by atoms with Crippen LogP contribution in [0.4, 0.5) is 15.5 Å². The fourth-order valence-corrected chi connectivity index (χ4v) is 8.28. The molecule has 0 spiro atoms. The van der Waals surface area contributed by atoms with Gasteiger partial charge in [-0.3, -0.25) is 9.59 Å². The van der Waals surface area contributed by atoms with E-state index in [1.54, 1.807) is 28.2 Å². The molecule has 4 N–H and O–H groups in total. The number of aromatic amines is 1. The highest BCUT2D eigenvalue weighted by molar-refractivity contribution is 5.91. The number of carbonyl (C=O) groups excluding carboxylic acids is 4. The molecular formula is C48H53N11O4. The first kappa shape index (κ1) is 42.4. The molecule has 2 aliphatic heterocycles. The van der Waals surface area contributed by atoms with Gasteiger partial charge in [-0.2, -0.15) is 0 Å². The summed E-state index contributed by atoms with van der Waals surface area (Å²) in [6, 6.07) is 28.7. The van der Waals surface area contributed by atoms with E-state index in [1.165, 1.54) is 9.80 Å². The minimum absolute atomic E-state index is 0.120. The number of nitrogens with zero attached hydrogens (tertiary/aromatic N) is 7. The van der Waals surface area contributed by atoms with Gasteiger partial charge in [0.15, 0.2) is 0 Å². The second-order valence-corrected chi connectivity index (χ2v) is 16.6. The Hall–Kier alpha value is -7.29. The summed E-state index contributed by atoms with van der Waals surface area (Å²) in [6.45, 7) is 2.36. The van der Waals surface area contributed by atoms with E-state index in [2.05, 4.69) is 67.3 Å². The van der Waals surface area contributed by atoms with Gasteiger partial charge in [0.1, 0.15) is 17.9 Å². The lowest BCUT2D eigenvalue weighted by Crippen LogP contribution is -2.45. The maximum absolute atomic E-state index is 14.1. The zero-order chi connectivity index (χ0) is 44.0. The van der Waals surface area contributed by atoms with Crippen LogP contribution >= 0.6 is 0 Å². The van der Waals surface area contributed by atoms with Gasteiger partial charge in [-0.15, -0.1) is 0 Å². The highest BCUT2D eigenvalue weighted by Gasteiger charge is 2.37. The van der Waals surface area contributed by atoms with Gasteiger partial charge < -0.3 is 40.5 Å². The number of hydrogen-bond donors (Lipinski definition) is 4. The van der Waals surface area contributed by atoms with Crippen LogP contribution < -0.4 is 16.0 Å². The summed E-state index contributed by atoms with van der Waals surface area (Å²) in [5, 5.41) is 11.3. The Balaban J connectivity index is 0.883. The largest absolute Gasteiger partial charge is 0.354 e. The Kier molecular flexibility index (Phi) is 12.6. The van der Waals surface area contributed by atoms with Crippen LogP contribution in [0, 0.1) is 5.92 Å². The van der Waals surface area contributed by atoms with Crippen molar-refractivity contribution in [1.82, 2.24) is 50.2 Å². The average Bonchev–Trinajstić information content (AvgIpc) is 4.11. The van der Waals surface area contributed by atoms with Crippen molar-refractivity contribution in [2.75, 3.05) is 59.7 Å². The van der Waals surface area contributed by atoms with Gasteiger partial charge in [-0.1, -0.05) is 84.9 Å². The lowest BCUT2D eigenvalue weighted by Gasteiger charge is -2.29. The molecule has 15 nitrogen and oxygen atoms in total. The number of H-pyrrole nitrogens is 1. The van der Waals surface area contributed by atoms with Crippen molar-refractivity contribution < 1.29 is 19.2 Å². The standard InChI is InChI=1S/C48H53N11O4/c1-56(2)47(62)54-41(32-12-7-5-8-13-32)44(60)58-23-21-31(30-58)26-50-46-51-27-38(28-52-46)36-18-17-35-25-37(20-19-34(35)24-36)39-29-49-43(53-39)40-16-11-22-59(40)45(61)42(55-48(63)57(3)4)33-14-9-6-10-15-33/h5-10,12-15,17-20,24-25,27-29,31,40-42H,11,16,21-23,26,30H2,1-4H3,(H,49,53)(H,54,62)(H,55,63)(H,50,51,52)/t31-,40+,41+,42-/m1/s1. The van der Waals surface area contributed by atoms with Crippen molar-refractivity contribution >= 4 is 40.6 Å². The molecule has 6 aromatic rings. The predicted octanol–water partition coefficient (Wildman–Crippen LogP) is 6.64. The third-order valence-corrected chi connectivity index (χ3v) is 11.8. The van der Waals surface area contributed by atoms with Crippen LogP contribution in [-0.2, 0) is 9.59 Å². The Labute approximate surface area is 366 Å². The average molecular weight is 848 g/mol. The topological polar surface area (TPSA) is 172 Å². The van der Waals surface area contributed by atoms with Crippen molar-refractivity contribution in [2.24, 2.45) is 5.92 Å². The molecule has 0 radical (unpaired) electrons. The monoisotopic (exact) mass is 847 g/mol. The highest BCUT2D eigenvalue weighted by atomic mass is 16.2. The number of urea groups is 2. The summed E-state index contributed by atoms with van der Waals surface area (Å²) >= 11 is 0. The smallest absolute Gasteiger partial charge is 0.317 e. The van der Waals surface area contributed by atoms with Gasteiger partial charge >= 0.3 is 12.1 Å². The molecule has 0 saturated carbocycles. The van der Waals surface area contributed by atoms with Crippen LogP contribution in [-0.4, -0.2) is 118 Å². The number of rotatable bonds is 12. The second-order valence-electron chi connectivity index (χ2n) is 16.6. The van der Waals surface area contributed by atoms with Crippen molar-refractivity contribution in [3.05, 3.63) is 133 Å². The SMILES string of the molecule is CN(C)C(=O)N[C@H](C(=O)N1CC[C@H](CNc2ncc(-c3ccc4cc(-c5cnc([C@@H]6CCCN6C(=O)[C@H](NC(=O)N(C)C)c6ccccc6)[nH]5)ccc4c3)cn2)C1)c1ccccc1. The number of likely N-dealkylation sites (tertiary alicyclic amines) is 2. The minimum atomic E-state index is -0.817. The molecule has 2 aromatic heterocycles. The first-order valence-corrected chi connectivity index (χ1v) is 21.3. The number of fused-ring (bicyclic) bond motifs is 1. The normalized spacial score (nSPS) is 17.0. The second kappa shape index (κ2) is 18.8. The molecule has 63 heavy (non-hydrogen) atoms. The molecule has 6 amide bonds. The summed E-state index contributed by atoms with van der Waals surface area (Å²) in [4.78, 5) is 76.9. The van der Waals surface area contributed by atoms with Gasteiger partial charge in [-0.05, 0) is 64.8 Å². The van der Waals surface area contributed by atoms with Crippen LogP contribution in [0.5, 0.6) is 0 Å². The van der Waals surface area contributed by atoms with Gasteiger partial charge in [0.25, 0.3) is 0 Å². The Morgan fingerprint density at radius 1 is 0.683 bits per heavy atom. The molecule has 4 atom stereocenters. The molecule has 2 fully saturated rings. The molecule has 0 aliphatic carbocycles. The molecule has 324 valence electrons. The van der Waals surface area contributed by atoms with Crippen LogP contribution in [0.25, 0.3) is 33.2 Å². The maximum atomic E-state index is 14.1. The third kappa shape index (κ3) is 9.62. The molecule has 0 unspecified atom stereocenters. The number of anilines is 1. The number of aromatic nitrogens is 4. The molecular weight excluding hydrogens is 795 g/mol. The summed E-state index contributed by atoms with van der Waals surface area (Å²) < 4.78 is 0. The number of nitrogens with one attached hydrogen (secondary N) is 4.